The second-order valence-corrected chi connectivity index (χ2v) is 9.25. The lowest BCUT2D eigenvalue weighted by Gasteiger charge is -2.12. The molecule has 0 saturated heterocycles. The fourth-order valence-corrected chi connectivity index (χ4v) is 5.25. The van der Waals surface area contributed by atoms with Crippen LogP contribution in [0.4, 0.5) is 21.4 Å². The van der Waals surface area contributed by atoms with E-state index >= 15 is 0 Å². The third-order valence-electron chi connectivity index (χ3n) is 5.01. The summed E-state index contributed by atoms with van der Waals surface area (Å²) in [5.74, 6) is 0.322. The van der Waals surface area contributed by atoms with Crippen molar-refractivity contribution in [1.82, 2.24) is 15.3 Å². The summed E-state index contributed by atoms with van der Waals surface area (Å²) in [5.41, 5.74) is 9.68. The Balaban J connectivity index is 1.47. The number of nitrogen functional groups attached to an aromatic ring is 1. The number of allylic oxidation sites excluding steroid dienone is 1. The molecule has 3 aromatic rings. The standard InChI is InChI=1S/C22H24N6O2S2/c1-24-21(30)28-22-27-19(23)18(32-22)20-26-16(12-31-20)14-8-5-9-15(11-14)25-17(29)10-13-6-3-2-4-7-13/h5-6,8-9,11-12H,2-4,7,10,23H2,1H3,(H,25,29)(H2,24,27,28,30). The lowest BCUT2D eigenvalue weighted by molar-refractivity contribution is -0.115. The maximum absolute atomic E-state index is 12.4. The summed E-state index contributed by atoms with van der Waals surface area (Å²) < 4.78 is 0. The number of hydrogen-bond donors (Lipinski definition) is 4. The van der Waals surface area contributed by atoms with E-state index in [0.717, 1.165) is 41.2 Å². The molecule has 1 aromatic carbocycles. The molecular weight excluding hydrogens is 444 g/mol. The van der Waals surface area contributed by atoms with E-state index in [0.29, 0.717) is 22.2 Å². The summed E-state index contributed by atoms with van der Waals surface area (Å²) in [4.78, 5) is 33.5. The van der Waals surface area contributed by atoms with Gasteiger partial charge in [0.05, 0.1) is 5.69 Å². The summed E-state index contributed by atoms with van der Waals surface area (Å²) in [7, 11) is 1.53. The summed E-state index contributed by atoms with van der Waals surface area (Å²) in [5, 5.41) is 11.2. The third kappa shape index (κ3) is 5.32. The highest BCUT2D eigenvalue weighted by molar-refractivity contribution is 7.23. The highest BCUT2D eigenvalue weighted by Gasteiger charge is 2.16. The van der Waals surface area contributed by atoms with Crippen LogP contribution in [0.5, 0.6) is 0 Å². The van der Waals surface area contributed by atoms with Gasteiger partial charge >= 0.3 is 6.03 Å². The van der Waals surface area contributed by atoms with Gasteiger partial charge in [-0.1, -0.05) is 35.1 Å². The predicted octanol–water partition coefficient (Wildman–Crippen LogP) is 5.10. The molecule has 0 fully saturated rings. The molecule has 0 saturated carbocycles. The minimum absolute atomic E-state index is 0.00264. The van der Waals surface area contributed by atoms with E-state index in [9.17, 15) is 9.59 Å². The summed E-state index contributed by atoms with van der Waals surface area (Å²) in [6.07, 6.45) is 7.09. The Morgan fingerprint density at radius 2 is 2.06 bits per heavy atom. The molecule has 0 bridgehead atoms. The SMILES string of the molecule is CNC(=O)Nc1nc(N)c(-c2nc(-c3cccc(NC(=O)CC4=CCCCC4)c3)cs2)s1. The van der Waals surface area contributed by atoms with Gasteiger partial charge in [0, 0.05) is 30.1 Å². The van der Waals surface area contributed by atoms with E-state index in [-0.39, 0.29) is 11.9 Å². The maximum Gasteiger partial charge on any atom is 0.320 e. The maximum atomic E-state index is 12.4. The van der Waals surface area contributed by atoms with Crippen LogP contribution in [0.3, 0.4) is 0 Å². The van der Waals surface area contributed by atoms with Gasteiger partial charge < -0.3 is 16.4 Å². The van der Waals surface area contributed by atoms with Crippen LogP contribution >= 0.6 is 22.7 Å². The number of rotatable bonds is 6. The highest BCUT2D eigenvalue weighted by Crippen LogP contribution is 2.38. The number of carbonyl (C=O) groups is 2. The van der Waals surface area contributed by atoms with Crippen LogP contribution in [-0.4, -0.2) is 29.0 Å². The Hall–Kier alpha value is -3.24. The van der Waals surface area contributed by atoms with E-state index < -0.39 is 0 Å². The topological polar surface area (TPSA) is 122 Å². The van der Waals surface area contributed by atoms with Gasteiger partial charge in [0.2, 0.25) is 5.91 Å². The largest absolute Gasteiger partial charge is 0.382 e. The molecule has 2 aromatic heterocycles. The summed E-state index contributed by atoms with van der Waals surface area (Å²) in [6, 6.07) is 7.29. The minimum Gasteiger partial charge on any atom is -0.382 e. The zero-order valence-electron chi connectivity index (χ0n) is 17.6. The molecular formula is C22H24N6O2S2. The number of urea groups is 1. The van der Waals surface area contributed by atoms with E-state index in [2.05, 4.69) is 27.0 Å². The molecule has 5 N–H and O–H groups in total. The number of aromatic nitrogens is 2. The molecule has 166 valence electrons. The number of thiazole rings is 2. The van der Waals surface area contributed by atoms with Crippen LogP contribution in [0.2, 0.25) is 0 Å². The first-order valence-electron chi connectivity index (χ1n) is 10.3. The minimum atomic E-state index is -0.358. The highest BCUT2D eigenvalue weighted by atomic mass is 32.1. The van der Waals surface area contributed by atoms with Crippen LogP contribution < -0.4 is 21.7 Å². The van der Waals surface area contributed by atoms with Crippen LogP contribution in [0.25, 0.3) is 21.1 Å². The fourth-order valence-electron chi connectivity index (χ4n) is 3.44. The Bertz CT molecular complexity index is 1170. The zero-order valence-corrected chi connectivity index (χ0v) is 19.2. The Morgan fingerprint density at radius 3 is 2.84 bits per heavy atom. The number of carbonyl (C=O) groups excluding carboxylic acids is 2. The molecule has 1 aliphatic carbocycles. The molecule has 1 aliphatic rings. The Labute approximate surface area is 194 Å². The molecule has 0 aliphatic heterocycles. The number of nitrogens with two attached hydrogens (primary N) is 1. The van der Waals surface area contributed by atoms with Gasteiger partial charge in [-0.2, -0.15) is 0 Å². The molecule has 0 spiro atoms. The molecule has 32 heavy (non-hydrogen) atoms. The summed E-state index contributed by atoms with van der Waals surface area (Å²) in [6.45, 7) is 0. The second kappa shape index (κ2) is 9.92. The van der Waals surface area contributed by atoms with Crippen molar-refractivity contribution in [2.45, 2.75) is 32.1 Å². The van der Waals surface area contributed by atoms with Gasteiger partial charge in [0.15, 0.2) is 5.13 Å². The van der Waals surface area contributed by atoms with Crippen LogP contribution in [0.15, 0.2) is 41.3 Å². The van der Waals surface area contributed by atoms with Crippen LogP contribution in [-0.2, 0) is 4.79 Å². The van der Waals surface area contributed by atoms with Gasteiger partial charge in [-0.15, -0.1) is 11.3 Å². The predicted molar refractivity (Wildman–Crippen MR) is 131 cm³/mol. The Morgan fingerprint density at radius 1 is 1.19 bits per heavy atom. The quantitative estimate of drug-likeness (QED) is 0.375. The van der Waals surface area contributed by atoms with E-state index in [1.54, 1.807) is 0 Å². The molecule has 4 rings (SSSR count). The average molecular weight is 469 g/mol. The number of anilines is 3. The molecule has 0 atom stereocenters. The van der Waals surface area contributed by atoms with Crippen LogP contribution in [0.1, 0.15) is 32.1 Å². The monoisotopic (exact) mass is 468 g/mol. The molecule has 8 nitrogen and oxygen atoms in total. The van der Waals surface area contributed by atoms with Gasteiger partial charge in [-0.05, 0) is 37.8 Å². The molecule has 10 heteroatoms. The van der Waals surface area contributed by atoms with Crippen molar-refractivity contribution in [1.29, 1.82) is 0 Å². The van der Waals surface area contributed by atoms with Gasteiger partial charge in [0.25, 0.3) is 0 Å². The average Bonchev–Trinajstić information content (AvgIpc) is 3.41. The smallest absolute Gasteiger partial charge is 0.320 e. The van der Waals surface area contributed by atoms with Crippen molar-refractivity contribution in [3.05, 3.63) is 41.3 Å². The number of nitrogens with zero attached hydrogens (tertiary/aromatic N) is 2. The van der Waals surface area contributed by atoms with Gasteiger partial charge in [0.1, 0.15) is 15.7 Å². The fraction of sp³-hybridized carbons (Fsp3) is 0.273. The van der Waals surface area contributed by atoms with Crippen molar-refractivity contribution in [3.8, 4) is 21.1 Å². The van der Waals surface area contributed by atoms with E-state index in [1.165, 1.54) is 41.7 Å². The first-order valence-corrected chi connectivity index (χ1v) is 12.0. The Kier molecular flexibility index (Phi) is 6.81. The lowest BCUT2D eigenvalue weighted by atomic mass is 9.97. The number of hydrogen-bond acceptors (Lipinski definition) is 7. The zero-order chi connectivity index (χ0) is 22.5. The van der Waals surface area contributed by atoms with Crippen molar-refractivity contribution in [3.63, 3.8) is 0 Å². The van der Waals surface area contributed by atoms with Crippen molar-refractivity contribution < 1.29 is 9.59 Å². The lowest BCUT2D eigenvalue weighted by Crippen LogP contribution is -2.24. The number of nitrogens with one attached hydrogen (secondary N) is 3. The first-order chi connectivity index (χ1) is 15.5. The van der Waals surface area contributed by atoms with Crippen molar-refractivity contribution in [2.75, 3.05) is 23.4 Å². The third-order valence-corrected chi connectivity index (χ3v) is 7.00. The van der Waals surface area contributed by atoms with Crippen molar-refractivity contribution >= 4 is 51.2 Å². The van der Waals surface area contributed by atoms with Gasteiger partial charge in [-0.25, -0.2) is 14.8 Å². The second-order valence-electron chi connectivity index (χ2n) is 7.39. The van der Waals surface area contributed by atoms with E-state index in [1.807, 2.05) is 29.6 Å². The van der Waals surface area contributed by atoms with E-state index in [4.69, 9.17) is 10.7 Å². The molecule has 0 unspecified atom stereocenters. The van der Waals surface area contributed by atoms with Crippen LogP contribution in [0, 0.1) is 0 Å². The summed E-state index contributed by atoms with van der Waals surface area (Å²) >= 11 is 2.72. The molecule has 3 amide bonds. The number of benzene rings is 1. The molecule has 2 heterocycles. The molecule has 0 radical (unpaired) electrons. The first kappa shape index (κ1) is 22.0. The number of amides is 3. The normalized spacial score (nSPS) is 13.3. The van der Waals surface area contributed by atoms with Gasteiger partial charge in [-0.3, -0.25) is 10.1 Å². The van der Waals surface area contributed by atoms with Crippen molar-refractivity contribution in [2.24, 2.45) is 0 Å².